The number of carbonyl (C=O) groups is 2. The minimum Gasteiger partial charge on any atom is -0.456 e. The molecule has 0 aromatic heterocycles. The summed E-state index contributed by atoms with van der Waals surface area (Å²) < 4.78 is 5.05. The van der Waals surface area contributed by atoms with Crippen LogP contribution in [-0.2, 0) is 14.3 Å². The van der Waals surface area contributed by atoms with E-state index in [2.05, 4.69) is 5.32 Å². The fraction of sp³-hybridized carbons (Fsp3) is 0.556. The van der Waals surface area contributed by atoms with Crippen molar-refractivity contribution in [3.63, 3.8) is 0 Å². The smallest absolute Gasteiger partial charge is 0.306 e. The van der Waals surface area contributed by atoms with E-state index >= 15 is 0 Å². The first-order valence-electron chi connectivity index (χ1n) is 8.15. The normalized spacial score (nSPS) is 15.3. The molecule has 120 valence electrons. The van der Waals surface area contributed by atoms with Gasteiger partial charge in [0, 0.05) is 12.1 Å². The zero-order valence-corrected chi connectivity index (χ0v) is 13.3. The maximum Gasteiger partial charge on any atom is 0.306 e. The highest BCUT2D eigenvalue weighted by Crippen LogP contribution is 2.27. The van der Waals surface area contributed by atoms with Crippen molar-refractivity contribution in [3.8, 4) is 0 Å². The molecule has 1 saturated carbocycles. The molecule has 1 fully saturated rings. The number of benzene rings is 1. The van der Waals surface area contributed by atoms with Crippen LogP contribution in [0.15, 0.2) is 24.3 Å². The summed E-state index contributed by atoms with van der Waals surface area (Å²) >= 11 is 0. The molecule has 0 atom stereocenters. The van der Waals surface area contributed by atoms with Gasteiger partial charge in [-0.25, -0.2) is 0 Å². The van der Waals surface area contributed by atoms with Gasteiger partial charge in [-0.1, -0.05) is 44.2 Å². The van der Waals surface area contributed by atoms with E-state index in [9.17, 15) is 9.59 Å². The van der Waals surface area contributed by atoms with Gasteiger partial charge in [-0.3, -0.25) is 9.59 Å². The molecule has 4 nitrogen and oxygen atoms in total. The topological polar surface area (TPSA) is 55.4 Å². The van der Waals surface area contributed by atoms with Crippen molar-refractivity contribution < 1.29 is 14.3 Å². The van der Waals surface area contributed by atoms with E-state index < -0.39 is 0 Å². The zero-order chi connectivity index (χ0) is 15.8. The van der Waals surface area contributed by atoms with Crippen LogP contribution in [0.25, 0.3) is 0 Å². The number of nitrogens with one attached hydrogen (secondary N) is 1. The van der Waals surface area contributed by atoms with Crippen molar-refractivity contribution in [3.05, 3.63) is 29.8 Å². The summed E-state index contributed by atoms with van der Waals surface area (Å²) in [5, 5.41) is 2.73. The van der Waals surface area contributed by atoms with Gasteiger partial charge in [-0.2, -0.15) is 0 Å². The number of carbonyl (C=O) groups excluding carboxylic acids is 2. The summed E-state index contributed by atoms with van der Waals surface area (Å²) in [4.78, 5) is 23.4. The summed E-state index contributed by atoms with van der Waals surface area (Å²) in [7, 11) is 0. The van der Waals surface area contributed by atoms with Gasteiger partial charge in [0.2, 0.25) is 0 Å². The largest absolute Gasteiger partial charge is 0.456 e. The van der Waals surface area contributed by atoms with Crippen LogP contribution < -0.4 is 5.32 Å². The Kier molecular flexibility index (Phi) is 6.44. The SMILES string of the molecule is Cc1cccc(NC(=O)COC(=O)CCC2CCCCC2)c1. The Hall–Kier alpha value is -1.84. The molecule has 0 spiro atoms. The highest BCUT2D eigenvalue weighted by Gasteiger charge is 2.16. The quantitative estimate of drug-likeness (QED) is 0.812. The molecule has 4 heteroatoms. The zero-order valence-electron chi connectivity index (χ0n) is 13.3. The number of amides is 1. The molecule has 0 unspecified atom stereocenters. The van der Waals surface area contributed by atoms with Crippen LogP contribution in [0.3, 0.4) is 0 Å². The van der Waals surface area contributed by atoms with Gasteiger partial charge >= 0.3 is 5.97 Å². The summed E-state index contributed by atoms with van der Waals surface area (Å²) in [6.45, 7) is 1.75. The molecular formula is C18H25NO3. The third kappa shape index (κ3) is 5.88. The van der Waals surface area contributed by atoms with Crippen LogP contribution in [0, 0.1) is 12.8 Å². The molecule has 22 heavy (non-hydrogen) atoms. The van der Waals surface area contributed by atoms with Gasteiger partial charge in [0.1, 0.15) is 0 Å². The molecule has 1 amide bonds. The first kappa shape index (κ1) is 16.5. The predicted molar refractivity (Wildman–Crippen MR) is 86.6 cm³/mol. The van der Waals surface area contributed by atoms with E-state index in [1.54, 1.807) is 0 Å². The van der Waals surface area contributed by atoms with Crippen molar-refractivity contribution in [2.75, 3.05) is 11.9 Å². The molecule has 2 rings (SSSR count). The van der Waals surface area contributed by atoms with Gasteiger partial charge in [0.15, 0.2) is 6.61 Å². The fourth-order valence-corrected chi connectivity index (χ4v) is 2.94. The average Bonchev–Trinajstić information content (AvgIpc) is 2.52. The molecule has 0 aliphatic heterocycles. The molecule has 1 aromatic rings. The standard InChI is InChI=1S/C18H25NO3/c1-14-6-5-9-16(12-14)19-17(20)13-22-18(21)11-10-15-7-3-2-4-8-15/h5-6,9,12,15H,2-4,7-8,10-11,13H2,1H3,(H,19,20). The van der Waals surface area contributed by atoms with Gasteiger partial charge in [0.05, 0.1) is 0 Å². The number of anilines is 1. The molecule has 0 heterocycles. The van der Waals surface area contributed by atoms with Gasteiger partial charge < -0.3 is 10.1 Å². The highest BCUT2D eigenvalue weighted by atomic mass is 16.5. The van der Waals surface area contributed by atoms with E-state index in [1.165, 1.54) is 32.1 Å². The number of esters is 1. The third-order valence-corrected chi connectivity index (χ3v) is 4.15. The lowest BCUT2D eigenvalue weighted by Gasteiger charge is -2.20. The predicted octanol–water partition coefficient (Wildman–Crippen LogP) is 3.84. The number of hydrogen-bond donors (Lipinski definition) is 1. The Morgan fingerprint density at radius 1 is 1.23 bits per heavy atom. The lowest BCUT2D eigenvalue weighted by atomic mass is 9.86. The van der Waals surface area contributed by atoms with E-state index in [0.29, 0.717) is 12.3 Å². The Bertz CT molecular complexity index is 507. The van der Waals surface area contributed by atoms with Gasteiger partial charge in [-0.15, -0.1) is 0 Å². The second-order valence-electron chi connectivity index (χ2n) is 6.12. The summed E-state index contributed by atoms with van der Waals surface area (Å²) in [5.41, 5.74) is 1.80. The van der Waals surface area contributed by atoms with E-state index in [4.69, 9.17) is 4.74 Å². The number of rotatable bonds is 6. The van der Waals surface area contributed by atoms with Crippen LogP contribution in [0.4, 0.5) is 5.69 Å². The lowest BCUT2D eigenvalue weighted by molar-refractivity contribution is -0.147. The minimum absolute atomic E-state index is 0.211. The second kappa shape index (κ2) is 8.57. The maximum atomic E-state index is 11.7. The van der Waals surface area contributed by atoms with Crippen LogP contribution in [-0.4, -0.2) is 18.5 Å². The van der Waals surface area contributed by atoms with Crippen LogP contribution in [0.1, 0.15) is 50.5 Å². The maximum absolute atomic E-state index is 11.7. The number of hydrogen-bond acceptors (Lipinski definition) is 3. The van der Waals surface area contributed by atoms with Crippen molar-refractivity contribution in [1.29, 1.82) is 0 Å². The van der Waals surface area contributed by atoms with Crippen molar-refractivity contribution in [2.24, 2.45) is 5.92 Å². The fourth-order valence-electron chi connectivity index (χ4n) is 2.94. The third-order valence-electron chi connectivity index (χ3n) is 4.15. The van der Waals surface area contributed by atoms with Crippen LogP contribution in [0.2, 0.25) is 0 Å². The molecule has 0 radical (unpaired) electrons. The molecule has 1 aliphatic rings. The average molecular weight is 303 g/mol. The molecule has 1 aliphatic carbocycles. The number of aryl methyl sites for hydroxylation is 1. The second-order valence-corrected chi connectivity index (χ2v) is 6.12. The Morgan fingerprint density at radius 2 is 2.00 bits per heavy atom. The highest BCUT2D eigenvalue weighted by molar-refractivity contribution is 5.92. The van der Waals surface area contributed by atoms with Gasteiger partial charge in [-0.05, 0) is 37.0 Å². The van der Waals surface area contributed by atoms with Crippen molar-refractivity contribution in [1.82, 2.24) is 0 Å². The van der Waals surface area contributed by atoms with Crippen LogP contribution in [0.5, 0.6) is 0 Å². The van der Waals surface area contributed by atoms with Crippen LogP contribution >= 0.6 is 0 Å². The minimum atomic E-state index is -0.295. The first-order chi connectivity index (χ1) is 10.6. The van der Waals surface area contributed by atoms with E-state index in [-0.39, 0.29) is 18.5 Å². The Balaban J connectivity index is 1.64. The lowest BCUT2D eigenvalue weighted by Crippen LogP contribution is -2.21. The Morgan fingerprint density at radius 3 is 2.73 bits per heavy atom. The van der Waals surface area contributed by atoms with Gasteiger partial charge in [0.25, 0.3) is 5.91 Å². The van der Waals surface area contributed by atoms with Crippen molar-refractivity contribution >= 4 is 17.6 Å². The molecule has 1 aromatic carbocycles. The molecule has 0 bridgehead atoms. The van der Waals surface area contributed by atoms with E-state index in [1.807, 2.05) is 31.2 Å². The molecule has 1 N–H and O–H groups in total. The monoisotopic (exact) mass is 303 g/mol. The van der Waals surface area contributed by atoms with E-state index in [0.717, 1.165) is 17.7 Å². The first-order valence-corrected chi connectivity index (χ1v) is 8.15. The summed E-state index contributed by atoms with van der Waals surface area (Å²) in [6, 6.07) is 7.53. The molecular weight excluding hydrogens is 278 g/mol. The summed E-state index contributed by atoms with van der Waals surface area (Å²) in [6.07, 6.45) is 7.63. The number of ether oxygens (including phenoxy) is 1. The molecule has 0 saturated heterocycles. The Labute approximate surface area is 132 Å². The van der Waals surface area contributed by atoms with Crippen molar-refractivity contribution in [2.45, 2.75) is 51.9 Å². The summed E-state index contributed by atoms with van der Waals surface area (Å²) in [5.74, 6) is 0.0870.